The highest BCUT2D eigenvalue weighted by Crippen LogP contribution is 2.38. The van der Waals surface area contributed by atoms with Crippen LogP contribution in [0.3, 0.4) is 0 Å². The molecule has 1 aromatic rings. The van der Waals surface area contributed by atoms with Crippen LogP contribution in [0.1, 0.15) is 13.3 Å². The van der Waals surface area contributed by atoms with Crippen LogP contribution in [0.25, 0.3) is 0 Å². The van der Waals surface area contributed by atoms with Crippen molar-refractivity contribution in [3.05, 3.63) is 22.2 Å². The minimum absolute atomic E-state index is 0.136. The number of sulfonamides is 1. The second-order valence-electron chi connectivity index (χ2n) is 5.05. The molecule has 10 heteroatoms. The van der Waals surface area contributed by atoms with E-state index in [1.807, 2.05) is 0 Å². The summed E-state index contributed by atoms with van der Waals surface area (Å²) in [5.41, 5.74) is -0.564. The molecule has 2 rings (SSSR count). The first-order chi connectivity index (χ1) is 10.8. The average molecular weight is 346 g/mol. The first-order valence-corrected chi connectivity index (χ1v) is 8.42. The van der Waals surface area contributed by atoms with Crippen molar-refractivity contribution in [1.82, 2.24) is 4.72 Å². The minimum Gasteiger partial charge on any atom is -0.490 e. The predicted molar refractivity (Wildman–Crippen MR) is 80.4 cm³/mol. The summed E-state index contributed by atoms with van der Waals surface area (Å²) >= 11 is 0. The Morgan fingerprint density at radius 2 is 1.96 bits per heavy atom. The van der Waals surface area contributed by atoms with Crippen LogP contribution in [-0.2, 0) is 14.8 Å². The molecule has 1 unspecified atom stereocenters. The van der Waals surface area contributed by atoms with Gasteiger partial charge in [-0.05, 0) is 6.92 Å². The maximum atomic E-state index is 12.4. The first kappa shape index (κ1) is 17.4. The molecular formula is C13H18N2O7S. The van der Waals surface area contributed by atoms with Crippen molar-refractivity contribution in [1.29, 1.82) is 0 Å². The number of nitrogens with zero attached hydrogens (tertiary/aromatic N) is 1. The highest BCUT2D eigenvalue weighted by Gasteiger charge is 2.30. The zero-order chi connectivity index (χ0) is 17.0. The van der Waals surface area contributed by atoms with E-state index in [0.717, 1.165) is 12.1 Å². The van der Waals surface area contributed by atoms with E-state index in [1.54, 1.807) is 6.92 Å². The fourth-order valence-corrected chi connectivity index (χ4v) is 3.55. The molecule has 0 fully saturated rings. The van der Waals surface area contributed by atoms with Crippen LogP contribution < -0.4 is 14.2 Å². The standard InChI is InChI=1S/C13H18N2O7S/c1-9(8-20-2)14-23(18,19)13-7-12-11(6-10(13)15(16)17)21-4-3-5-22-12/h6-7,9,14H,3-5,8H2,1-2H3. The van der Waals surface area contributed by atoms with E-state index in [4.69, 9.17) is 14.2 Å². The lowest BCUT2D eigenvalue weighted by Gasteiger charge is -2.15. The molecule has 23 heavy (non-hydrogen) atoms. The summed E-state index contributed by atoms with van der Waals surface area (Å²) < 4.78 is 42.9. The monoisotopic (exact) mass is 346 g/mol. The quantitative estimate of drug-likeness (QED) is 0.605. The van der Waals surface area contributed by atoms with Gasteiger partial charge in [-0.25, -0.2) is 13.1 Å². The second kappa shape index (κ2) is 7.11. The molecule has 0 saturated carbocycles. The van der Waals surface area contributed by atoms with Gasteiger partial charge in [-0.3, -0.25) is 10.1 Å². The SMILES string of the molecule is COCC(C)NS(=O)(=O)c1cc2c(cc1[N+](=O)[O-])OCCCO2. The molecule has 0 bridgehead atoms. The third-order valence-electron chi connectivity index (χ3n) is 3.09. The molecular weight excluding hydrogens is 328 g/mol. The third kappa shape index (κ3) is 4.09. The van der Waals surface area contributed by atoms with E-state index < -0.39 is 31.6 Å². The zero-order valence-corrected chi connectivity index (χ0v) is 13.6. The van der Waals surface area contributed by atoms with Crippen LogP contribution in [0.15, 0.2) is 17.0 Å². The van der Waals surface area contributed by atoms with Crippen molar-refractivity contribution in [2.75, 3.05) is 26.9 Å². The number of rotatable bonds is 6. The molecule has 1 atom stereocenters. The topological polar surface area (TPSA) is 117 Å². The number of hydrogen-bond donors (Lipinski definition) is 1. The molecule has 0 amide bonds. The van der Waals surface area contributed by atoms with E-state index in [-0.39, 0.29) is 18.1 Å². The number of fused-ring (bicyclic) bond motifs is 1. The van der Waals surface area contributed by atoms with E-state index in [0.29, 0.717) is 19.6 Å². The first-order valence-electron chi connectivity index (χ1n) is 6.94. The Kier molecular flexibility index (Phi) is 5.39. The molecule has 0 spiro atoms. The van der Waals surface area contributed by atoms with Crippen molar-refractivity contribution in [3.8, 4) is 11.5 Å². The Hall–Kier alpha value is -1.91. The molecule has 0 radical (unpaired) electrons. The number of nitro groups is 1. The summed E-state index contributed by atoms with van der Waals surface area (Å²) in [5, 5.41) is 11.2. The molecule has 1 aromatic carbocycles. The second-order valence-corrected chi connectivity index (χ2v) is 6.73. The number of methoxy groups -OCH3 is 1. The number of nitro benzene ring substituents is 1. The Labute approximate surface area is 133 Å². The Morgan fingerprint density at radius 3 is 2.52 bits per heavy atom. The summed E-state index contributed by atoms with van der Waals surface area (Å²) in [5.74, 6) is 0.339. The van der Waals surface area contributed by atoms with Crippen molar-refractivity contribution >= 4 is 15.7 Å². The van der Waals surface area contributed by atoms with E-state index in [1.165, 1.54) is 7.11 Å². The molecule has 1 N–H and O–H groups in total. The maximum Gasteiger partial charge on any atom is 0.293 e. The molecule has 128 valence electrons. The summed E-state index contributed by atoms with van der Waals surface area (Å²) in [6.07, 6.45) is 0.605. The Bertz CT molecular complexity index is 690. The lowest BCUT2D eigenvalue weighted by Crippen LogP contribution is -2.35. The number of hydrogen-bond acceptors (Lipinski definition) is 7. The number of ether oxygens (including phenoxy) is 3. The molecule has 1 aliphatic heterocycles. The summed E-state index contributed by atoms with van der Waals surface area (Å²) in [6.45, 7) is 2.42. The lowest BCUT2D eigenvalue weighted by atomic mass is 10.3. The van der Waals surface area contributed by atoms with Crippen molar-refractivity contribution in [2.45, 2.75) is 24.3 Å². The largest absolute Gasteiger partial charge is 0.490 e. The van der Waals surface area contributed by atoms with Crippen molar-refractivity contribution in [2.24, 2.45) is 0 Å². The number of nitrogens with one attached hydrogen (secondary N) is 1. The number of benzene rings is 1. The smallest absolute Gasteiger partial charge is 0.293 e. The van der Waals surface area contributed by atoms with E-state index in [9.17, 15) is 18.5 Å². The van der Waals surface area contributed by atoms with Gasteiger partial charge in [0.15, 0.2) is 16.4 Å². The lowest BCUT2D eigenvalue weighted by molar-refractivity contribution is -0.387. The fraction of sp³-hybridized carbons (Fsp3) is 0.538. The van der Waals surface area contributed by atoms with Gasteiger partial charge in [-0.1, -0.05) is 0 Å². The summed E-state index contributed by atoms with van der Waals surface area (Å²) in [6, 6.07) is 1.66. The van der Waals surface area contributed by atoms with Crippen LogP contribution in [0.4, 0.5) is 5.69 Å². The van der Waals surface area contributed by atoms with Crippen LogP contribution in [0.5, 0.6) is 11.5 Å². The van der Waals surface area contributed by atoms with Crippen LogP contribution in [0.2, 0.25) is 0 Å². The molecule has 0 aromatic heterocycles. The molecule has 1 heterocycles. The molecule has 0 saturated heterocycles. The van der Waals surface area contributed by atoms with E-state index >= 15 is 0 Å². The van der Waals surface area contributed by atoms with Crippen LogP contribution >= 0.6 is 0 Å². The van der Waals surface area contributed by atoms with E-state index in [2.05, 4.69) is 4.72 Å². The van der Waals surface area contributed by atoms with Gasteiger partial charge in [-0.15, -0.1) is 0 Å². The highest BCUT2D eigenvalue weighted by atomic mass is 32.2. The average Bonchev–Trinajstić information content (AvgIpc) is 2.70. The fourth-order valence-electron chi connectivity index (χ4n) is 2.15. The van der Waals surface area contributed by atoms with Crippen LogP contribution in [0, 0.1) is 10.1 Å². The zero-order valence-electron chi connectivity index (χ0n) is 12.8. The normalized spacial score (nSPS) is 15.7. The van der Waals surface area contributed by atoms with Gasteiger partial charge >= 0.3 is 0 Å². The highest BCUT2D eigenvalue weighted by molar-refractivity contribution is 7.89. The molecule has 1 aliphatic rings. The van der Waals surface area contributed by atoms with Gasteiger partial charge in [0.25, 0.3) is 5.69 Å². The summed E-state index contributed by atoms with van der Waals surface area (Å²) in [4.78, 5) is 10.0. The predicted octanol–water partition coefficient (Wildman–Crippen LogP) is 1.07. The van der Waals surface area contributed by atoms with Gasteiger partial charge in [0, 0.05) is 25.6 Å². The Balaban J connectivity index is 2.47. The molecule has 0 aliphatic carbocycles. The van der Waals surface area contributed by atoms with Gasteiger partial charge < -0.3 is 14.2 Å². The maximum absolute atomic E-state index is 12.4. The van der Waals surface area contributed by atoms with Crippen molar-refractivity contribution < 1.29 is 27.6 Å². The van der Waals surface area contributed by atoms with Gasteiger partial charge in [-0.2, -0.15) is 0 Å². The molecule has 9 nitrogen and oxygen atoms in total. The Morgan fingerprint density at radius 1 is 1.35 bits per heavy atom. The third-order valence-corrected chi connectivity index (χ3v) is 4.71. The minimum atomic E-state index is -4.11. The van der Waals surface area contributed by atoms with Gasteiger partial charge in [0.1, 0.15) is 0 Å². The van der Waals surface area contributed by atoms with Crippen LogP contribution in [-0.4, -0.2) is 46.3 Å². The summed E-state index contributed by atoms with van der Waals surface area (Å²) in [7, 11) is -2.68. The van der Waals surface area contributed by atoms with Gasteiger partial charge in [0.2, 0.25) is 10.0 Å². The van der Waals surface area contributed by atoms with Crippen molar-refractivity contribution in [3.63, 3.8) is 0 Å². The van der Waals surface area contributed by atoms with Gasteiger partial charge in [0.05, 0.1) is 30.8 Å².